The fraction of sp³-hybridized carbons (Fsp3) is 0.667. The van der Waals surface area contributed by atoms with Gasteiger partial charge in [0, 0.05) is 28.8 Å². The molecular formula is C21H27BrF3N5O2. The Bertz CT molecular complexity index is 1050. The van der Waals surface area contributed by atoms with Crippen molar-refractivity contribution in [3.63, 3.8) is 0 Å². The Labute approximate surface area is 192 Å². The van der Waals surface area contributed by atoms with Crippen LogP contribution in [0.5, 0.6) is 0 Å². The highest BCUT2D eigenvalue weighted by Gasteiger charge is 2.44. The summed E-state index contributed by atoms with van der Waals surface area (Å²) in [5.41, 5.74) is 5.27. The van der Waals surface area contributed by atoms with Gasteiger partial charge in [0.2, 0.25) is 0 Å². The van der Waals surface area contributed by atoms with Gasteiger partial charge in [0.05, 0.1) is 37.1 Å². The molecule has 0 aromatic carbocycles. The molecule has 0 amide bonds. The zero-order valence-electron chi connectivity index (χ0n) is 17.7. The highest BCUT2D eigenvalue weighted by atomic mass is 79.9. The number of halogens is 4. The van der Waals surface area contributed by atoms with Crippen LogP contribution in [-0.2, 0) is 10.9 Å². The lowest BCUT2D eigenvalue weighted by atomic mass is 9.70. The van der Waals surface area contributed by atoms with Crippen molar-refractivity contribution in [2.45, 2.75) is 44.1 Å². The van der Waals surface area contributed by atoms with E-state index in [0.29, 0.717) is 17.8 Å². The van der Waals surface area contributed by atoms with Gasteiger partial charge in [-0.2, -0.15) is 13.2 Å². The number of aromatic nitrogens is 2. The molecule has 2 saturated heterocycles. The summed E-state index contributed by atoms with van der Waals surface area (Å²) in [5.74, 6) is 1.14. The van der Waals surface area contributed by atoms with Crippen LogP contribution in [0.3, 0.4) is 0 Å². The molecule has 2 aliphatic heterocycles. The molecule has 4 unspecified atom stereocenters. The minimum absolute atomic E-state index is 0.0989. The van der Waals surface area contributed by atoms with E-state index < -0.39 is 17.4 Å². The third-order valence-corrected chi connectivity index (χ3v) is 7.75. The van der Waals surface area contributed by atoms with Gasteiger partial charge in [-0.15, -0.1) is 0 Å². The molecule has 1 saturated carbocycles. The van der Waals surface area contributed by atoms with Gasteiger partial charge in [-0.1, -0.05) is 6.42 Å². The molecule has 11 heteroatoms. The van der Waals surface area contributed by atoms with Gasteiger partial charge in [0.15, 0.2) is 0 Å². The largest absolute Gasteiger partial charge is 0.418 e. The zero-order chi connectivity index (χ0) is 22.6. The lowest BCUT2D eigenvalue weighted by molar-refractivity contribution is -0.136. The summed E-state index contributed by atoms with van der Waals surface area (Å²) in [4.78, 5) is 15.4. The molecule has 2 aromatic rings. The van der Waals surface area contributed by atoms with Crippen LogP contribution in [0.25, 0.3) is 5.52 Å². The number of ether oxygens (including phenoxy) is 1. The fourth-order valence-corrected chi connectivity index (χ4v) is 6.15. The van der Waals surface area contributed by atoms with E-state index in [4.69, 9.17) is 4.74 Å². The van der Waals surface area contributed by atoms with Crippen molar-refractivity contribution in [3.8, 4) is 0 Å². The van der Waals surface area contributed by atoms with Crippen LogP contribution in [0.15, 0.2) is 27.7 Å². The number of pyridine rings is 1. The minimum atomic E-state index is -4.54. The van der Waals surface area contributed by atoms with Crippen molar-refractivity contribution in [2.75, 3.05) is 26.9 Å². The smallest absolute Gasteiger partial charge is 0.381 e. The van der Waals surface area contributed by atoms with E-state index in [2.05, 4.69) is 38.7 Å². The van der Waals surface area contributed by atoms with E-state index in [1.165, 1.54) is 17.0 Å². The molecule has 2 aromatic heterocycles. The van der Waals surface area contributed by atoms with E-state index in [-0.39, 0.29) is 22.2 Å². The van der Waals surface area contributed by atoms with E-state index in [1.54, 1.807) is 0 Å². The second-order valence-corrected chi connectivity index (χ2v) is 10.2. The number of nitrogens with zero attached hydrogens (tertiary/aromatic N) is 3. The van der Waals surface area contributed by atoms with Gasteiger partial charge >= 0.3 is 11.9 Å². The van der Waals surface area contributed by atoms with Crippen LogP contribution in [0, 0.1) is 17.8 Å². The molecule has 176 valence electrons. The summed E-state index contributed by atoms with van der Waals surface area (Å²) < 4.78 is 49.2. The highest BCUT2D eigenvalue weighted by molar-refractivity contribution is 9.10. The molecule has 4 heterocycles. The quantitative estimate of drug-likeness (QED) is 0.652. The maximum Gasteiger partial charge on any atom is 0.418 e. The van der Waals surface area contributed by atoms with Crippen molar-refractivity contribution in [3.05, 3.63) is 39.0 Å². The normalized spacial score (nSPS) is 28.8. The Hall–Kier alpha value is -1.40. The van der Waals surface area contributed by atoms with Crippen molar-refractivity contribution in [1.29, 1.82) is 0 Å². The van der Waals surface area contributed by atoms with E-state index in [9.17, 15) is 18.0 Å². The van der Waals surface area contributed by atoms with Gasteiger partial charge < -0.3 is 4.74 Å². The Kier molecular flexibility index (Phi) is 5.90. The predicted molar refractivity (Wildman–Crippen MR) is 116 cm³/mol. The molecule has 4 atom stereocenters. The molecule has 0 spiro atoms. The SMILES string of the molecule is CN1CNNC1C(C1COC1)C1CCCC(n2cc3c(C(F)(F)F)cc(Br)cn3c2=O)C1. The summed E-state index contributed by atoms with van der Waals surface area (Å²) in [7, 11) is 2.08. The van der Waals surface area contributed by atoms with Crippen LogP contribution in [-0.4, -0.2) is 47.0 Å². The van der Waals surface area contributed by atoms with Gasteiger partial charge in [-0.05, 0) is 60.1 Å². The Morgan fingerprint density at radius 2 is 2.00 bits per heavy atom. The summed E-state index contributed by atoms with van der Waals surface area (Å²) in [6, 6.07) is 0.911. The number of hydrogen-bond acceptors (Lipinski definition) is 5. The van der Waals surface area contributed by atoms with E-state index in [0.717, 1.165) is 56.0 Å². The Morgan fingerprint density at radius 3 is 2.62 bits per heavy atom. The first-order valence-electron chi connectivity index (χ1n) is 11.0. The Balaban J connectivity index is 1.48. The standard InChI is InChI=1S/C21H27BrF3N5O2/c1-28-11-26-27-19(28)18(13-9-32-10-13)12-3-2-4-15(5-12)29-8-17-16(21(23,24)25)6-14(22)7-30(17)20(29)31/h6-8,12-13,15,18-19,26-27H,2-5,9-11H2,1H3. The predicted octanol–water partition coefficient (Wildman–Crippen LogP) is 3.20. The van der Waals surface area contributed by atoms with Crippen LogP contribution in [0.4, 0.5) is 13.2 Å². The molecule has 2 N–H and O–H groups in total. The number of hydrogen-bond donors (Lipinski definition) is 2. The third kappa shape index (κ3) is 3.91. The average molecular weight is 518 g/mol. The molecular weight excluding hydrogens is 491 g/mol. The number of imidazole rings is 1. The Morgan fingerprint density at radius 1 is 1.22 bits per heavy atom. The maximum atomic E-state index is 13.6. The second-order valence-electron chi connectivity index (χ2n) is 9.28. The van der Waals surface area contributed by atoms with Gasteiger partial charge in [0.25, 0.3) is 0 Å². The van der Waals surface area contributed by atoms with E-state index in [1.807, 2.05) is 0 Å². The summed E-state index contributed by atoms with van der Waals surface area (Å²) in [6.45, 7) is 2.22. The number of rotatable bonds is 4. The maximum absolute atomic E-state index is 13.6. The number of fused-ring (bicyclic) bond motifs is 1. The molecule has 7 nitrogen and oxygen atoms in total. The van der Waals surface area contributed by atoms with Crippen molar-refractivity contribution < 1.29 is 17.9 Å². The van der Waals surface area contributed by atoms with Gasteiger partial charge in [-0.25, -0.2) is 15.6 Å². The molecule has 32 heavy (non-hydrogen) atoms. The first-order chi connectivity index (χ1) is 15.2. The first kappa shape index (κ1) is 22.4. The summed E-state index contributed by atoms with van der Waals surface area (Å²) in [6.07, 6.45) is 1.99. The highest BCUT2D eigenvalue weighted by Crippen LogP contribution is 2.43. The number of nitrogens with one attached hydrogen (secondary N) is 2. The molecule has 0 bridgehead atoms. The van der Waals surface area contributed by atoms with E-state index >= 15 is 0 Å². The van der Waals surface area contributed by atoms with Crippen LogP contribution < -0.4 is 16.5 Å². The topological polar surface area (TPSA) is 62.9 Å². The summed E-state index contributed by atoms with van der Waals surface area (Å²) in [5, 5.41) is 0. The molecule has 1 aliphatic carbocycles. The minimum Gasteiger partial charge on any atom is -0.381 e. The third-order valence-electron chi connectivity index (χ3n) is 7.31. The van der Waals surface area contributed by atoms with Crippen LogP contribution >= 0.6 is 15.9 Å². The average Bonchev–Trinajstić information content (AvgIpc) is 3.27. The van der Waals surface area contributed by atoms with Crippen molar-refractivity contribution in [1.82, 2.24) is 24.7 Å². The molecule has 5 rings (SSSR count). The fourth-order valence-electron chi connectivity index (χ4n) is 5.72. The van der Waals surface area contributed by atoms with Crippen molar-refractivity contribution in [2.24, 2.45) is 17.8 Å². The zero-order valence-corrected chi connectivity index (χ0v) is 19.3. The van der Waals surface area contributed by atoms with Gasteiger partial charge in [-0.3, -0.25) is 13.9 Å². The lowest BCUT2D eigenvalue weighted by Crippen LogP contribution is -2.53. The first-order valence-corrected chi connectivity index (χ1v) is 11.8. The lowest BCUT2D eigenvalue weighted by Gasteiger charge is -2.45. The van der Waals surface area contributed by atoms with Gasteiger partial charge in [0.1, 0.15) is 0 Å². The molecule has 3 fully saturated rings. The number of alkyl halides is 3. The van der Waals surface area contributed by atoms with Crippen LogP contribution in [0.1, 0.15) is 37.3 Å². The monoisotopic (exact) mass is 517 g/mol. The number of hydrazine groups is 1. The molecule has 0 radical (unpaired) electrons. The molecule has 3 aliphatic rings. The van der Waals surface area contributed by atoms with Crippen LogP contribution in [0.2, 0.25) is 0 Å². The summed E-state index contributed by atoms with van der Waals surface area (Å²) >= 11 is 3.12. The second kappa shape index (κ2) is 8.43. The van der Waals surface area contributed by atoms with Crippen molar-refractivity contribution >= 4 is 21.4 Å².